The Bertz CT molecular complexity index is 698. The lowest BCUT2D eigenvalue weighted by atomic mass is 9.97. The first-order valence-corrected chi connectivity index (χ1v) is 8.17. The highest BCUT2D eigenvalue weighted by Gasteiger charge is 2.46. The van der Waals surface area contributed by atoms with Crippen LogP contribution in [0.15, 0.2) is 10.6 Å². The van der Waals surface area contributed by atoms with Crippen molar-refractivity contribution in [2.75, 3.05) is 27.3 Å². The summed E-state index contributed by atoms with van der Waals surface area (Å²) in [5.74, 6) is -4.53. The molecule has 23 heavy (non-hydrogen) atoms. The molecule has 2 atom stereocenters. The lowest BCUT2D eigenvalue weighted by Gasteiger charge is -2.14. The standard InChI is InChI=1S/C12H16N2O8S/c1-20-10-3-7(22-13-10)6-23(18,19)14-4-8(11(15)16)9(5-14)12(17)21-2/h3,8-9H,4-6H2,1-2H3,(H,15,16)/t8-,9+/m0/s1. The van der Waals surface area contributed by atoms with Crippen molar-refractivity contribution < 1.29 is 37.1 Å². The Morgan fingerprint density at radius 3 is 2.57 bits per heavy atom. The smallest absolute Gasteiger partial charge is 0.310 e. The summed E-state index contributed by atoms with van der Waals surface area (Å²) in [4.78, 5) is 22.9. The number of ether oxygens (including phenoxy) is 2. The second-order valence-electron chi connectivity index (χ2n) is 4.98. The van der Waals surface area contributed by atoms with Gasteiger partial charge in [0.25, 0.3) is 5.88 Å². The molecule has 0 spiro atoms. The second kappa shape index (κ2) is 6.54. The number of carbonyl (C=O) groups is 2. The van der Waals surface area contributed by atoms with Gasteiger partial charge in [-0.3, -0.25) is 9.59 Å². The van der Waals surface area contributed by atoms with E-state index < -0.39 is 39.6 Å². The molecule has 1 aromatic rings. The van der Waals surface area contributed by atoms with Crippen molar-refractivity contribution >= 4 is 22.0 Å². The fraction of sp³-hybridized carbons (Fsp3) is 0.583. The number of nitrogens with zero attached hydrogens (tertiary/aromatic N) is 2. The van der Waals surface area contributed by atoms with E-state index in [0.29, 0.717) is 0 Å². The van der Waals surface area contributed by atoms with E-state index in [1.54, 1.807) is 0 Å². The van der Waals surface area contributed by atoms with Gasteiger partial charge in [-0.2, -0.15) is 4.31 Å². The number of sulfonamides is 1. The van der Waals surface area contributed by atoms with Crippen molar-refractivity contribution in [2.24, 2.45) is 11.8 Å². The van der Waals surface area contributed by atoms with Crippen LogP contribution in [0.25, 0.3) is 0 Å². The molecule has 1 N–H and O–H groups in total. The molecule has 1 saturated heterocycles. The number of hydrogen-bond donors (Lipinski definition) is 1. The first-order valence-electron chi connectivity index (χ1n) is 6.56. The van der Waals surface area contributed by atoms with Gasteiger partial charge < -0.3 is 19.1 Å². The minimum absolute atomic E-state index is 0.0512. The highest BCUT2D eigenvalue weighted by atomic mass is 32.2. The molecule has 0 aliphatic carbocycles. The van der Waals surface area contributed by atoms with Crippen LogP contribution in [0, 0.1) is 11.8 Å². The van der Waals surface area contributed by atoms with Gasteiger partial charge in [0.05, 0.1) is 26.1 Å². The summed E-state index contributed by atoms with van der Waals surface area (Å²) in [6, 6.07) is 1.32. The van der Waals surface area contributed by atoms with Crippen LogP contribution in [0.1, 0.15) is 5.76 Å². The molecule has 0 saturated carbocycles. The molecule has 2 rings (SSSR count). The predicted molar refractivity (Wildman–Crippen MR) is 73.9 cm³/mol. The zero-order valence-electron chi connectivity index (χ0n) is 12.5. The van der Waals surface area contributed by atoms with Crippen LogP contribution >= 0.6 is 0 Å². The molecule has 1 aliphatic rings. The summed E-state index contributed by atoms with van der Waals surface area (Å²) in [6.45, 7) is -0.556. The van der Waals surface area contributed by atoms with Crippen molar-refractivity contribution in [1.29, 1.82) is 0 Å². The highest BCUT2D eigenvalue weighted by molar-refractivity contribution is 7.88. The van der Waals surface area contributed by atoms with Gasteiger partial charge in [0.15, 0.2) is 5.76 Å². The third kappa shape index (κ3) is 3.62. The Hall–Kier alpha value is -2.14. The SMILES string of the molecule is COC(=O)[C@@H]1CN(S(=O)(=O)Cc2cc(OC)no2)C[C@@H]1C(=O)O. The number of aromatic nitrogens is 1. The molecule has 10 nitrogen and oxygen atoms in total. The average molecular weight is 348 g/mol. The van der Waals surface area contributed by atoms with Crippen molar-refractivity contribution in [2.45, 2.75) is 5.75 Å². The third-order valence-corrected chi connectivity index (χ3v) is 5.31. The lowest BCUT2D eigenvalue weighted by Crippen LogP contribution is -2.31. The summed E-state index contributed by atoms with van der Waals surface area (Å²) in [5, 5.41) is 12.7. The van der Waals surface area contributed by atoms with Gasteiger partial charge in [0.1, 0.15) is 5.75 Å². The van der Waals surface area contributed by atoms with Gasteiger partial charge in [0, 0.05) is 19.2 Å². The largest absolute Gasteiger partial charge is 0.481 e. The minimum Gasteiger partial charge on any atom is -0.481 e. The maximum atomic E-state index is 12.4. The van der Waals surface area contributed by atoms with Crippen LogP contribution in [0.5, 0.6) is 5.88 Å². The molecule has 128 valence electrons. The van der Waals surface area contributed by atoms with Gasteiger partial charge in [0.2, 0.25) is 10.0 Å². The Morgan fingerprint density at radius 1 is 1.39 bits per heavy atom. The second-order valence-corrected chi connectivity index (χ2v) is 6.95. The fourth-order valence-corrected chi connectivity index (χ4v) is 3.82. The first-order chi connectivity index (χ1) is 10.8. The van der Waals surface area contributed by atoms with Gasteiger partial charge in [-0.1, -0.05) is 0 Å². The number of hydrogen-bond acceptors (Lipinski definition) is 8. The van der Waals surface area contributed by atoms with Gasteiger partial charge in [-0.05, 0) is 5.16 Å². The van der Waals surface area contributed by atoms with E-state index >= 15 is 0 Å². The van der Waals surface area contributed by atoms with Crippen LogP contribution in [0.3, 0.4) is 0 Å². The van der Waals surface area contributed by atoms with Crippen LogP contribution in [-0.4, -0.2) is 62.2 Å². The molecule has 0 unspecified atom stereocenters. The van der Waals surface area contributed by atoms with E-state index in [9.17, 15) is 18.0 Å². The quantitative estimate of drug-likeness (QED) is 0.663. The summed E-state index contributed by atoms with van der Waals surface area (Å²) < 4.78 is 39.9. The fourth-order valence-electron chi connectivity index (χ4n) is 2.36. The average Bonchev–Trinajstić information content (AvgIpc) is 3.12. The van der Waals surface area contributed by atoms with Crippen molar-refractivity contribution in [3.63, 3.8) is 0 Å². The van der Waals surface area contributed by atoms with Gasteiger partial charge in [-0.25, -0.2) is 8.42 Å². The summed E-state index contributed by atoms with van der Waals surface area (Å²) in [6.07, 6.45) is 0. The zero-order valence-corrected chi connectivity index (χ0v) is 13.3. The van der Waals surface area contributed by atoms with Crippen LogP contribution < -0.4 is 4.74 Å². The number of methoxy groups -OCH3 is 2. The molecule has 0 aromatic carbocycles. The predicted octanol–water partition coefficient (Wildman–Crippen LogP) is -0.681. The molecule has 0 bridgehead atoms. The maximum absolute atomic E-state index is 12.4. The molecule has 1 fully saturated rings. The molecule has 1 aliphatic heterocycles. The molecule has 0 radical (unpaired) electrons. The highest BCUT2D eigenvalue weighted by Crippen LogP contribution is 2.28. The number of carboxylic acid groups (broad SMARTS) is 1. The minimum atomic E-state index is -3.88. The zero-order chi connectivity index (χ0) is 17.2. The first kappa shape index (κ1) is 17.2. The summed E-state index contributed by atoms with van der Waals surface area (Å²) in [7, 11) is -1.40. The number of carboxylic acids is 1. The summed E-state index contributed by atoms with van der Waals surface area (Å²) in [5.41, 5.74) is 0. The molecular formula is C12H16N2O8S. The van der Waals surface area contributed by atoms with Crippen molar-refractivity contribution in [3.05, 3.63) is 11.8 Å². The maximum Gasteiger partial charge on any atom is 0.310 e. The van der Waals surface area contributed by atoms with E-state index in [1.165, 1.54) is 13.2 Å². The molecule has 0 amide bonds. The monoisotopic (exact) mass is 348 g/mol. The van der Waals surface area contributed by atoms with E-state index in [0.717, 1.165) is 11.4 Å². The Kier molecular flexibility index (Phi) is 4.90. The number of rotatable bonds is 6. The van der Waals surface area contributed by atoms with E-state index in [-0.39, 0.29) is 24.7 Å². The topological polar surface area (TPSA) is 136 Å². The van der Waals surface area contributed by atoms with E-state index in [4.69, 9.17) is 14.4 Å². The molecule has 2 heterocycles. The van der Waals surface area contributed by atoms with Crippen LogP contribution in [0.4, 0.5) is 0 Å². The van der Waals surface area contributed by atoms with Crippen molar-refractivity contribution in [1.82, 2.24) is 9.46 Å². The van der Waals surface area contributed by atoms with Gasteiger partial charge >= 0.3 is 11.9 Å². The Morgan fingerprint density at radius 2 is 2.04 bits per heavy atom. The third-order valence-electron chi connectivity index (χ3n) is 3.57. The summed E-state index contributed by atoms with van der Waals surface area (Å²) >= 11 is 0. The number of carbonyl (C=O) groups excluding carboxylic acids is 1. The lowest BCUT2D eigenvalue weighted by molar-refractivity contribution is -0.153. The normalized spacial score (nSPS) is 22.0. The molecule has 11 heteroatoms. The van der Waals surface area contributed by atoms with Gasteiger partial charge in [-0.15, -0.1) is 0 Å². The Labute approximate surface area is 132 Å². The molecule has 1 aromatic heterocycles. The van der Waals surface area contributed by atoms with E-state index in [2.05, 4.69) is 9.89 Å². The number of esters is 1. The van der Waals surface area contributed by atoms with Crippen molar-refractivity contribution in [3.8, 4) is 5.88 Å². The number of aliphatic carboxylic acids is 1. The van der Waals surface area contributed by atoms with Crippen LogP contribution in [-0.2, 0) is 30.1 Å². The molecular weight excluding hydrogens is 332 g/mol. The Balaban J connectivity index is 2.16. The van der Waals surface area contributed by atoms with E-state index in [1.807, 2.05) is 0 Å². The van der Waals surface area contributed by atoms with Crippen LogP contribution in [0.2, 0.25) is 0 Å².